The van der Waals surface area contributed by atoms with E-state index in [0.29, 0.717) is 12.0 Å². The van der Waals surface area contributed by atoms with Crippen LogP contribution in [0.5, 0.6) is 0 Å². The molecule has 1 heterocycles. The minimum absolute atomic E-state index is 0.228. The molecule has 3 nitrogen and oxygen atoms in total. The summed E-state index contributed by atoms with van der Waals surface area (Å²) in [6.07, 6.45) is 0.790. The molecule has 0 fully saturated rings. The number of hydrogen-bond acceptors (Lipinski definition) is 3. The maximum atomic E-state index is 9.07. The Morgan fingerprint density at radius 2 is 1.94 bits per heavy atom. The van der Waals surface area contributed by atoms with Crippen LogP contribution in [0.2, 0.25) is 0 Å². The first-order valence-corrected chi connectivity index (χ1v) is 6.39. The first-order chi connectivity index (χ1) is 7.95. The minimum atomic E-state index is 0.228. The lowest BCUT2D eigenvalue weighted by molar-refractivity contribution is 0.236. The molecule has 1 rings (SSSR count). The maximum Gasteiger partial charge on any atom is 0.105 e. The molecule has 0 spiro atoms. The monoisotopic (exact) mass is 239 g/mol. The number of aliphatic hydroxyl groups is 1. The van der Waals surface area contributed by atoms with Gasteiger partial charge in [-0.3, -0.25) is 0 Å². The standard InChI is InChI=1S/C14H25NO2/c1-9(2)14(6-7-16)15-11(4)13-8-10(3)17-12(13)5/h8-9,11,14-16H,6-7H2,1-5H3. The number of furan rings is 1. The summed E-state index contributed by atoms with van der Waals surface area (Å²) in [6.45, 7) is 10.7. The van der Waals surface area contributed by atoms with Gasteiger partial charge in [-0.05, 0) is 39.2 Å². The van der Waals surface area contributed by atoms with Crippen LogP contribution in [0.4, 0.5) is 0 Å². The maximum absolute atomic E-state index is 9.07. The number of nitrogens with one attached hydrogen (secondary N) is 1. The number of aliphatic hydroxyl groups excluding tert-OH is 1. The quantitative estimate of drug-likeness (QED) is 0.802. The molecular formula is C14H25NO2. The van der Waals surface area contributed by atoms with Gasteiger partial charge in [-0.15, -0.1) is 0 Å². The van der Waals surface area contributed by atoms with Crippen LogP contribution in [-0.4, -0.2) is 17.8 Å². The molecule has 0 radical (unpaired) electrons. The average Bonchev–Trinajstić information content (AvgIpc) is 2.57. The van der Waals surface area contributed by atoms with Gasteiger partial charge in [0.1, 0.15) is 11.5 Å². The summed E-state index contributed by atoms with van der Waals surface area (Å²) in [7, 11) is 0. The van der Waals surface area contributed by atoms with Crippen molar-refractivity contribution in [1.82, 2.24) is 5.32 Å². The third-order valence-electron chi connectivity index (χ3n) is 3.25. The molecule has 0 aliphatic rings. The van der Waals surface area contributed by atoms with E-state index < -0.39 is 0 Å². The fourth-order valence-electron chi connectivity index (χ4n) is 2.24. The Balaban J connectivity index is 2.69. The molecule has 0 aliphatic carbocycles. The van der Waals surface area contributed by atoms with Crippen LogP contribution in [-0.2, 0) is 0 Å². The van der Waals surface area contributed by atoms with Crippen molar-refractivity contribution in [3.8, 4) is 0 Å². The lowest BCUT2D eigenvalue weighted by atomic mass is 9.99. The van der Waals surface area contributed by atoms with E-state index in [0.717, 1.165) is 17.9 Å². The Labute approximate surface area is 104 Å². The van der Waals surface area contributed by atoms with Crippen molar-refractivity contribution in [1.29, 1.82) is 0 Å². The molecule has 0 aliphatic heterocycles. The van der Waals surface area contributed by atoms with Gasteiger partial charge in [0.15, 0.2) is 0 Å². The van der Waals surface area contributed by atoms with Gasteiger partial charge in [0, 0.05) is 24.3 Å². The molecule has 1 aromatic heterocycles. The van der Waals surface area contributed by atoms with Gasteiger partial charge in [0.2, 0.25) is 0 Å². The van der Waals surface area contributed by atoms with Crippen LogP contribution in [0.15, 0.2) is 10.5 Å². The molecule has 1 aromatic rings. The van der Waals surface area contributed by atoms with Crippen LogP contribution in [0.1, 0.15) is 50.3 Å². The highest BCUT2D eigenvalue weighted by atomic mass is 16.3. The zero-order chi connectivity index (χ0) is 13.0. The van der Waals surface area contributed by atoms with E-state index in [1.807, 2.05) is 13.8 Å². The van der Waals surface area contributed by atoms with Gasteiger partial charge in [-0.1, -0.05) is 13.8 Å². The number of hydrogen-bond donors (Lipinski definition) is 2. The van der Waals surface area contributed by atoms with E-state index in [2.05, 4.69) is 32.2 Å². The highest BCUT2D eigenvalue weighted by molar-refractivity contribution is 5.23. The van der Waals surface area contributed by atoms with Gasteiger partial charge >= 0.3 is 0 Å². The lowest BCUT2D eigenvalue weighted by Crippen LogP contribution is -2.36. The third-order valence-corrected chi connectivity index (χ3v) is 3.25. The van der Waals surface area contributed by atoms with Crippen molar-refractivity contribution >= 4 is 0 Å². The van der Waals surface area contributed by atoms with Gasteiger partial charge in [0.25, 0.3) is 0 Å². The van der Waals surface area contributed by atoms with E-state index >= 15 is 0 Å². The van der Waals surface area contributed by atoms with E-state index in [9.17, 15) is 0 Å². The average molecular weight is 239 g/mol. The van der Waals surface area contributed by atoms with Crippen molar-refractivity contribution in [3.63, 3.8) is 0 Å². The number of aryl methyl sites for hydroxylation is 2. The SMILES string of the molecule is Cc1cc(C(C)NC(CCO)C(C)C)c(C)o1. The van der Waals surface area contributed by atoms with Crippen LogP contribution in [0, 0.1) is 19.8 Å². The molecule has 17 heavy (non-hydrogen) atoms. The Bertz CT molecular complexity index is 344. The van der Waals surface area contributed by atoms with Crippen molar-refractivity contribution in [2.75, 3.05) is 6.61 Å². The molecule has 2 atom stereocenters. The second-order valence-corrected chi connectivity index (χ2v) is 5.12. The Morgan fingerprint density at radius 1 is 1.29 bits per heavy atom. The van der Waals surface area contributed by atoms with Crippen LogP contribution in [0.3, 0.4) is 0 Å². The van der Waals surface area contributed by atoms with Gasteiger partial charge < -0.3 is 14.8 Å². The molecule has 0 amide bonds. The van der Waals surface area contributed by atoms with Crippen molar-refractivity contribution in [2.45, 2.75) is 53.1 Å². The fraction of sp³-hybridized carbons (Fsp3) is 0.714. The predicted molar refractivity (Wildman–Crippen MR) is 70.1 cm³/mol. The van der Waals surface area contributed by atoms with Crippen molar-refractivity contribution in [2.24, 2.45) is 5.92 Å². The number of rotatable bonds is 6. The highest BCUT2D eigenvalue weighted by Crippen LogP contribution is 2.22. The molecular weight excluding hydrogens is 214 g/mol. The summed E-state index contributed by atoms with van der Waals surface area (Å²) in [5.41, 5.74) is 1.21. The zero-order valence-corrected chi connectivity index (χ0v) is 11.6. The molecule has 2 N–H and O–H groups in total. The van der Waals surface area contributed by atoms with E-state index in [1.165, 1.54) is 5.56 Å². The lowest BCUT2D eigenvalue weighted by Gasteiger charge is -2.25. The Kier molecular flexibility index (Phi) is 5.22. The summed E-state index contributed by atoms with van der Waals surface area (Å²) < 4.78 is 5.55. The van der Waals surface area contributed by atoms with Gasteiger partial charge in [0.05, 0.1) is 0 Å². The van der Waals surface area contributed by atoms with E-state index in [1.54, 1.807) is 0 Å². The van der Waals surface area contributed by atoms with Crippen LogP contribution >= 0.6 is 0 Å². The second-order valence-electron chi connectivity index (χ2n) is 5.12. The molecule has 98 valence electrons. The molecule has 0 aromatic carbocycles. The zero-order valence-electron chi connectivity index (χ0n) is 11.6. The topological polar surface area (TPSA) is 45.4 Å². The first-order valence-electron chi connectivity index (χ1n) is 6.39. The third kappa shape index (κ3) is 3.86. The highest BCUT2D eigenvalue weighted by Gasteiger charge is 2.18. The summed E-state index contributed by atoms with van der Waals surface area (Å²) in [5, 5.41) is 12.6. The smallest absolute Gasteiger partial charge is 0.105 e. The van der Waals surface area contributed by atoms with Gasteiger partial charge in [-0.2, -0.15) is 0 Å². The normalized spacial score (nSPS) is 15.2. The first kappa shape index (κ1) is 14.3. The van der Waals surface area contributed by atoms with Gasteiger partial charge in [-0.25, -0.2) is 0 Å². The molecule has 3 heteroatoms. The summed E-state index contributed by atoms with van der Waals surface area (Å²) >= 11 is 0. The summed E-state index contributed by atoms with van der Waals surface area (Å²) in [4.78, 5) is 0. The Morgan fingerprint density at radius 3 is 2.35 bits per heavy atom. The van der Waals surface area contributed by atoms with Crippen molar-refractivity contribution < 1.29 is 9.52 Å². The van der Waals surface area contributed by atoms with Crippen LogP contribution in [0.25, 0.3) is 0 Å². The van der Waals surface area contributed by atoms with E-state index in [-0.39, 0.29) is 12.6 Å². The largest absolute Gasteiger partial charge is 0.466 e. The minimum Gasteiger partial charge on any atom is -0.466 e. The molecule has 0 bridgehead atoms. The molecule has 0 saturated carbocycles. The van der Waals surface area contributed by atoms with E-state index in [4.69, 9.17) is 9.52 Å². The molecule has 0 saturated heterocycles. The summed E-state index contributed by atoms with van der Waals surface area (Å²) in [6, 6.07) is 2.68. The van der Waals surface area contributed by atoms with Crippen LogP contribution < -0.4 is 5.32 Å². The second kappa shape index (κ2) is 6.22. The predicted octanol–water partition coefficient (Wildman–Crippen LogP) is 2.95. The molecule has 2 unspecified atom stereocenters. The Hall–Kier alpha value is -0.800. The summed E-state index contributed by atoms with van der Waals surface area (Å²) in [5.74, 6) is 2.45. The fourth-order valence-corrected chi connectivity index (χ4v) is 2.24. The van der Waals surface area contributed by atoms with Crippen molar-refractivity contribution in [3.05, 3.63) is 23.2 Å².